The van der Waals surface area contributed by atoms with Gasteiger partial charge in [-0.3, -0.25) is 9.67 Å². The lowest BCUT2D eigenvalue weighted by atomic mass is 10.1. The second-order valence-electron chi connectivity index (χ2n) is 4.60. The zero-order chi connectivity index (χ0) is 14.5. The van der Waals surface area contributed by atoms with Gasteiger partial charge in [-0.25, -0.2) is 4.98 Å². The van der Waals surface area contributed by atoms with Crippen LogP contribution in [0.5, 0.6) is 0 Å². The molecule has 106 valence electrons. The summed E-state index contributed by atoms with van der Waals surface area (Å²) >= 11 is 5.79. The van der Waals surface area contributed by atoms with Gasteiger partial charge in [0.2, 0.25) is 0 Å². The Morgan fingerprint density at radius 2 is 1.90 bits per heavy atom. The van der Waals surface area contributed by atoms with Gasteiger partial charge < -0.3 is 5.32 Å². The van der Waals surface area contributed by atoms with Crippen molar-refractivity contribution >= 4 is 17.4 Å². The van der Waals surface area contributed by atoms with E-state index in [1.54, 1.807) is 12.4 Å². The minimum atomic E-state index is 0.384. The maximum absolute atomic E-state index is 5.79. The zero-order valence-electron chi connectivity index (χ0n) is 11.3. The molecule has 0 amide bonds. The number of benzene rings is 1. The average molecular weight is 300 g/mol. The van der Waals surface area contributed by atoms with Gasteiger partial charge >= 0.3 is 0 Å². The van der Waals surface area contributed by atoms with Gasteiger partial charge in [0.1, 0.15) is 11.0 Å². The van der Waals surface area contributed by atoms with Crippen molar-refractivity contribution in [3.8, 4) is 0 Å². The minimum absolute atomic E-state index is 0.384. The molecule has 0 radical (unpaired) electrons. The summed E-state index contributed by atoms with van der Waals surface area (Å²) in [6.07, 6.45) is 6.90. The van der Waals surface area contributed by atoms with Crippen molar-refractivity contribution < 1.29 is 0 Å². The molecular weight excluding hydrogens is 286 g/mol. The summed E-state index contributed by atoms with van der Waals surface area (Å²) < 4.78 is 1.90. The molecule has 0 aliphatic carbocycles. The lowest BCUT2D eigenvalue weighted by Gasteiger charge is -2.07. The molecule has 3 aromatic rings. The Kier molecular flexibility index (Phi) is 4.12. The van der Waals surface area contributed by atoms with Gasteiger partial charge in [0.25, 0.3) is 0 Å². The minimum Gasteiger partial charge on any atom is -0.365 e. The molecule has 1 aromatic carbocycles. The van der Waals surface area contributed by atoms with Crippen LogP contribution in [0.15, 0.2) is 55.1 Å². The quantitative estimate of drug-likeness (QED) is 0.787. The molecule has 0 fully saturated rings. The molecule has 5 nitrogen and oxygen atoms in total. The Labute approximate surface area is 127 Å². The zero-order valence-corrected chi connectivity index (χ0v) is 12.0. The predicted octanol–water partition coefficient (Wildman–Crippen LogP) is 2.99. The van der Waals surface area contributed by atoms with Crippen molar-refractivity contribution in [2.75, 3.05) is 5.32 Å². The number of anilines is 1. The van der Waals surface area contributed by atoms with Gasteiger partial charge in [-0.15, -0.1) is 0 Å². The van der Waals surface area contributed by atoms with E-state index in [1.807, 2.05) is 16.9 Å². The monoisotopic (exact) mass is 299 g/mol. The summed E-state index contributed by atoms with van der Waals surface area (Å²) in [5.74, 6) is 0.670. The molecule has 0 aliphatic rings. The van der Waals surface area contributed by atoms with Crippen molar-refractivity contribution in [1.29, 1.82) is 0 Å². The van der Waals surface area contributed by atoms with Gasteiger partial charge in [0.05, 0.1) is 18.9 Å². The van der Waals surface area contributed by atoms with E-state index in [0.29, 0.717) is 17.5 Å². The summed E-state index contributed by atoms with van der Waals surface area (Å²) in [4.78, 5) is 8.12. The maximum atomic E-state index is 5.79. The third-order valence-corrected chi connectivity index (χ3v) is 3.19. The summed E-state index contributed by atoms with van der Waals surface area (Å²) in [7, 11) is 0. The van der Waals surface area contributed by atoms with Crippen molar-refractivity contribution in [3.63, 3.8) is 0 Å². The molecule has 0 aliphatic heterocycles. The standard InChI is InChI=1S/C15H14ClN5/c16-14-9-17-10-15(20-14)18-8-12-2-4-13(5-3-12)11-21-7-1-6-19-21/h1-7,9-10H,8,11H2,(H,18,20). The van der Waals surface area contributed by atoms with Crippen LogP contribution in [-0.2, 0) is 13.1 Å². The molecule has 2 heterocycles. The van der Waals surface area contributed by atoms with Gasteiger partial charge in [0, 0.05) is 18.9 Å². The summed E-state index contributed by atoms with van der Waals surface area (Å²) in [5, 5.41) is 7.77. The molecule has 0 bridgehead atoms. The van der Waals surface area contributed by atoms with Crippen molar-refractivity contribution in [2.24, 2.45) is 0 Å². The highest BCUT2D eigenvalue weighted by atomic mass is 35.5. The molecule has 0 unspecified atom stereocenters. The number of rotatable bonds is 5. The van der Waals surface area contributed by atoms with Crippen molar-refractivity contribution in [1.82, 2.24) is 19.7 Å². The molecule has 0 spiro atoms. The lowest BCUT2D eigenvalue weighted by molar-refractivity contribution is 0.686. The second-order valence-corrected chi connectivity index (χ2v) is 4.99. The van der Waals surface area contributed by atoms with E-state index in [2.05, 4.69) is 44.6 Å². The van der Waals surface area contributed by atoms with Gasteiger partial charge in [-0.1, -0.05) is 35.9 Å². The Morgan fingerprint density at radius 1 is 1.10 bits per heavy atom. The number of hydrogen-bond acceptors (Lipinski definition) is 4. The SMILES string of the molecule is Clc1cncc(NCc2ccc(Cn3cccn3)cc2)n1. The van der Waals surface area contributed by atoms with Crippen LogP contribution in [0.1, 0.15) is 11.1 Å². The van der Waals surface area contributed by atoms with E-state index >= 15 is 0 Å². The van der Waals surface area contributed by atoms with Crippen LogP contribution in [0.25, 0.3) is 0 Å². The average Bonchev–Trinajstić information content (AvgIpc) is 3.00. The Bertz CT molecular complexity index is 694. The van der Waals surface area contributed by atoms with Crippen LogP contribution in [-0.4, -0.2) is 19.7 Å². The van der Waals surface area contributed by atoms with E-state index in [4.69, 9.17) is 11.6 Å². The van der Waals surface area contributed by atoms with Crippen molar-refractivity contribution in [3.05, 3.63) is 71.4 Å². The molecule has 2 aromatic heterocycles. The highest BCUT2D eigenvalue weighted by Gasteiger charge is 1.99. The number of halogens is 1. The molecular formula is C15H14ClN5. The number of hydrogen-bond donors (Lipinski definition) is 1. The third-order valence-electron chi connectivity index (χ3n) is 3.01. The molecule has 6 heteroatoms. The number of nitrogens with zero attached hydrogens (tertiary/aromatic N) is 4. The predicted molar refractivity (Wildman–Crippen MR) is 82.1 cm³/mol. The summed E-state index contributed by atoms with van der Waals surface area (Å²) in [6, 6.07) is 10.3. The lowest BCUT2D eigenvalue weighted by Crippen LogP contribution is -2.03. The third kappa shape index (κ3) is 3.79. The van der Waals surface area contributed by atoms with Crippen LogP contribution >= 0.6 is 11.6 Å². The molecule has 3 rings (SSSR count). The first-order chi connectivity index (χ1) is 10.3. The summed E-state index contributed by atoms with van der Waals surface area (Å²) in [5.41, 5.74) is 2.38. The fourth-order valence-electron chi connectivity index (χ4n) is 1.96. The number of aromatic nitrogens is 4. The molecule has 1 N–H and O–H groups in total. The van der Waals surface area contributed by atoms with Crippen LogP contribution in [0.3, 0.4) is 0 Å². The maximum Gasteiger partial charge on any atom is 0.149 e. The van der Waals surface area contributed by atoms with E-state index in [0.717, 1.165) is 6.54 Å². The first-order valence-electron chi connectivity index (χ1n) is 6.56. The molecule has 0 saturated heterocycles. The molecule has 21 heavy (non-hydrogen) atoms. The first kappa shape index (κ1) is 13.6. The first-order valence-corrected chi connectivity index (χ1v) is 6.94. The largest absolute Gasteiger partial charge is 0.365 e. The highest BCUT2D eigenvalue weighted by molar-refractivity contribution is 6.29. The normalized spacial score (nSPS) is 10.5. The van der Waals surface area contributed by atoms with Crippen LogP contribution < -0.4 is 5.32 Å². The Balaban J connectivity index is 1.59. The van der Waals surface area contributed by atoms with E-state index < -0.39 is 0 Å². The van der Waals surface area contributed by atoms with Crippen LogP contribution in [0, 0.1) is 0 Å². The second kappa shape index (κ2) is 6.37. The molecule has 0 atom stereocenters. The summed E-state index contributed by atoms with van der Waals surface area (Å²) in [6.45, 7) is 1.46. The van der Waals surface area contributed by atoms with Gasteiger partial charge in [0.15, 0.2) is 0 Å². The fraction of sp³-hybridized carbons (Fsp3) is 0.133. The smallest absolute Gasteiger partial charge is 0.149 e. The molecule has 0 saturated carbocycles. The highest BCUT2D eigenvalue weighted by Crippen LogP contribution is 2.10. The van der Waals surface area contributed by atoms with Crippen LogP contribution in [0.4, 0.5) is 5.82 Å². The van der Waals surface area contributed by atoms with Crippen LogP contribution in [0.2, 0.25) is 5.15 Å². The van der Waals surface area contributed by atoms with Crippen molar-refractivity contribution in [2.45, 2.75) is 13.1 Å². The Morgan fingerprint density at radius 3 is 2.62 bits per heavy atom. The van der Waals surface area contributed by atoms with E-state index in [-0.39, 0.29) is 0 Å². The van der Waals surface area contributed by atoms with Gasteiger partial charge in [-0.2, -0.15) is 5.10 Å². The fourth-order valence-corrected chi connectivity index (χ4v) is 2.11. The number of nitrogens with one attached hydrogen (secondary N) is 1. The van der Waals surface area contributed by atoms with E-state index in [9.17, 15) is 0 Å². The topological polar surface area (TPSA) is 55.6 Å². The Hall–Kier alpha value is -2.40. The van der Waals surface area contributed by atoms with E-state index in [1.165, 1.54) is 17.3 Å². The van der Waals surface area contributed by atoms with Gasteiger partial charge in [-0.05, 0) is 17.2 Å².